The van der Waals surface area contributed by atoms with E-state index in [0.717, 1.165) is 11.3 Å². The van der Waals surface area contributed by atoms with Crippen molar-refractivity contribution >= 4 is 23.9 Å². The summed E-state index contributed by atoms with van der Waals surface area (Å²) in [5.41, 5.74) is 0.821. The van der Waals surface area contributed by atoms with E-state index < -0.39 is 17.9 Å². The number of nitrogens with one attached hydrogen (secondary N) is 1. The van der Waals surface area contributed by atoms with Crippen LogP contribution in [0.2, 0.25) is 0 Å². The van der Waals surface area contributed by atoms with Crippen molar-refractivity contribution in [1.82, 2.24) is 10.2 Å². The summed E-state index contributed by atoms with van der Waals surface area (Å²) >= 11 is 0. The number of amides is 2. The summed E-state index contributed by atoms with van der Waals surface area (Å²) in [6.45, 7) is 10.5. The Morgan fingerprint density at radius 3 is 2.07 bits per heavy atom. The van der Waals surface area contributed by atoms with Crippen LogP contribution in [0.4, 0.5) is 0 Å². The van der Waals surface area contributed by atoms with Gasteiger partial charge in [-0.15, -0.1) is 0 Å². The molecule has 1 aromatic carbocycles. The molecule has 1 N–H and O–H groups in total. The smallest absolute Gasteiger partial charge is 0.328 e. The SMILES string of the molecule is COc1ccc(C=CC(=O)N[C@@H](C)C(=O)OCC(=O)N(CC(C)C)CC(C)C)cc1. The molecule has 7 heteroatoms. The van der Waals surface area contributed by atoms with Crippen LogP contribution >= 0.6 is 0 Å². The minimum atomic E-state index is -0.866. The average molecular weight is 419 g/mol. The van der Waals surface area contributed by atoms with E-state index in [9.17, 15) is 14.4 Å². The Kier molecular flexibility index (Phi) is 10.6. The van der Waals surface area contributed by atoms with Crippen molar-refractivity contribution in [2.75, 3.05) is 26.8 Å². The Labute approximate surface area is 179 Å². The minimum absolute atomic E-state index is 0.233. The second-order valence-electron chi connectivity index (χ2n) is 8.03. The lowest BCUT2D eigenvalue weighted by molar-refractivity contribution is -0.154. The van der Waals surface area contributed by atoms with Gasteiger partial charge in [0.1, 0.15) is 11.8 Å². The van der Waals surface area contributed by atoms with Crippen LogP contribution in [-0.2, 0) is 19.1 Å². The normalized spacial score (nSPS) is 12.1. The summed E-state index contributed by atoms with van der Waals surface area (Å²) in [6.07, 6.45) is 2.97. The van der Waals surface area contributed by atoms with Crippen molar-refractivity contribution in [3.8, 4) is 5.75 Å². The topological polar surface area (TPSA) is 84.9 Å². The molecule has 1 rings (SSSR count). The first-order valence-corrected chi connectivity index (χ1v) is 10.2. The van der Waals surface area contributed by atoms with Crippen LogP contribution in [0.1, 0.15) is 40.2 Å². The molecule has 0 aliphatic rings. The minimum Gasteiger partial charge on any atom is -0.497 e. The van der Waals surface area contributed by atoms with Crippen molar-refractivity contribution in [3.05, 3.63) is 35.9 Å². The Morgan fingerprint density at radius 2 is 1.57 bits per heavy atom. The number of methoxy groups -OCH3 is 1. The number of nitrogens with zero attached hydrogens (tertiary/aromatic N) is 1. The quantitative estimate of drug-likeness (QED) is 0.441. The predicted molar refractivity (Wildman–Crippen MR) is 117 cm³/mol. The number of carbonyl (C=O) groups is 3. The zero-order valence-electron chi connectivity index (χ0n) is 18.8. The summed E-state index contributed by atoms with van der Waals surface area (Å²) in [4.78, 5) is 38.3. The summed E-state index contributed by atoms with van der Waals surface area (Å²) < 4.78 is 10.2. The predicted octanol–water partition coefficient (Wildman–Crippen LogP) is 2.90. The zero-order chi connectivity index (χ0) is 22.7. The molecule has 30 heavy (non-hydrogen) atoms. The van der Waals surface area contributed by atoms with Crippen molar-refractivity contribution in [1.29, 1.82) is 0 Å². The van der Waals surface area contributed by atoms with Crippen LogP contribution in [0.3, 0.4) is 0 Å². The van der Waals surface area contributed by atoms with Crippen LogP contribution in [-0.4, -0.2) is 55.5 Å². The molecule has 2 amide bonds. The van der Waals surface area contributed by atoms with Gasteiger partial charge in [-0.25, -0.2) is 4.79 Å². The van der Waals surface area contributed by atoms with Gasteiger partial charge in [0, 0.05) is 19.2 Å². The number of benzene rings is 1. The zero-order valence-corrected chi connectivity index (χ0v) is 18.8. The molecular weight excluding hydrogens is 384 g/mol. The summed E-state index contributed by atoms with van der Waals surface area (Å²) in [5, 5.41) is 2.54. The Hall–Kier alpha value is -2.83. The molecule has 0 saturated carbocycles. The van der Waals surface area contributed by atoms with Gasteiger partial charge in [0.2, 0.25) is 5.91 Å². The van der Waals surface area contributed by atoms with Gasteiger partial charge < -0.3 is 19.7 Å². The number of hydrogen-bond acceptors (Lipinski definition) is 5. The largest absolute Gasteiger partial charge is 0.497 e. The Balaban J connectivity index is 2.51. The van der Waals surface area contributed by atoms with Gasteiger partial charge >= 0.3 is 5.97 Å². The molecule has 1 aromatic rings. The van der Waals surface area contributed by atoms with E-state index in [-0.39, 0.29) is 12.5 Å². The number of carbonyl (C=O) groups excluding carboxylic acids is 3. The van der Waals surface area contributed by atoms with E-state index in [1.165, 1.54) is 13.0 Å². The highest BCUT2D eigenvalue weighted by atomic mass is 16.5. The van der Waals surface area contributed by atoms with Crippen LogP contribution in [0.25, 0.3) is 6.08 Å². The summed E-state index contributed by atoms with van der Waals surface area (Å²) in [5.74, 6) is 0.0520. The molecule has 0 heterocycles. The third-order valence-electron chi connectivity index (χ3n) is 4.12. The van der Waals surface area contributed by atoms with Crippen molar-refractivity contribution < 1.29 is 23.9 Å². The average Bonchev–Trinajstić information content (AvgIpc) is 2.69. The first kappa shape index (κ1) is 25.2. The molecule has 0 aromatic heterocycles. The van der Waals surface area contributed by atoms with Crippen LogP contribution < -0.4 is 10.1 Å². The van der Waals surface area contributed by atoms with E-state index in [1.807, 2.05) is 39.8 Å². The highest BCUT2D eigenvalue weighted by Crippen LogP contribution is 2.12. The third kappa shape index (κ3) is 9.58. The van der Waals surface area contributed by atoms with Gasteiger partial charge in [-0.05, 0) is 42.5 Å². The van der Waals surface area contributed by atoms with Crippen molar-refractivity contribution in [3.63, 3.8) is 0 Å². The van der Waals surface area contributed by atoms with Gasteiger partial charge in [0.15, 0.2) is 6.61 Å². The number of rotatable bonds is 11. The van der Waals surface area contributed by atoms with Gasteiger partial charge in [-0.3, -0.25) is 9.59 Å². The Bertz CT molecular complexity index is 716. The van der Waals surface area contributed by atoms with Gasteiger partial charge in [0.25, 0.3) is 5.91 Å². The molecule has 0 bridgehead atoms. The molecule has 0 unspecified atom stereocenters. The fourth-order valence-electron chi connectivity index (χ4n) is 2.72. The highest BCUT2D eigenvalue weighted by molar-refractivity contribution is 5.94. The van der Waals surface area contributed by atoms with Crippen LogP contribution in [0.15, 0.2) is 30.3 Å². The van der Waals surface area contributed by atoms with Crippen molar-refractivity contribution in [2.45, 2.75) is 40.7 Å². The van der Waals surface area contributed by atoms with E-state index in [0.29, 0.717) is 24.9 Å². The monoisotopic (exact) mass is 418 g/mol. The van der Waals surface area contributed by atoms with E-state index in [2.05, 4.69) is 5.32 Å². The summed E-state index contributed by atoms with van der Waals surface area (Å²) in [6, 6.07) is 6.33. The highest BCUT2D eigenvalue weighted by Gasteiger charge is 2.21. The second-order valence-corrected chi connectivity index (χ2v) is 8.03. The van der Waals surface area contributed by atoms with Crippen molar-refractivity contribution in [2.24, 2.45) is 11.8 Å². The maximum Gasteiger partial charge on any atom is 0.328 e. The van der Waals surface area contributed by atoms with Gasteiger partial charge in [-0.2, -0.15) is 0 Å². The molecule has 166 valence electrons. The molecule has 0 spiro atoms. The number of ether oxygens (including phenoxy) is 2. The fourth-order valence-corrected chi connectivity index (χ4v) is 2.72. The van der Waals surface area contributed by atoms with Crippen LogP contribution in [0, 0.1) is 11.8 Å². The molecule has 0 saturated heterocycles. The standard InChI is InChI=1S/C23H34N2O5/c1-16(2)13-25(14-17(3)4)22(27)15-30-23(28)18(5)24-21(26)12-9-19-7-10-20(29-6)11-8-19/h7-12,16-18H,13-15H2,1-6H3,(H,24,26)/t18-/m0/s1. The lowest BCUT2D eigenvalue weighted by Crippen LogP contribution is -2.42. The van der Waals surface area contributed by atoms with E-state index in [4.69, 9.17) is 9.47 Å². The number of esters is 1. The molecule has 7 nitrogen and oxygen atoms in total. The maximum atomic E-state index is 12.4. The molecule has 0 fully saturated rings. The lowest BCUT2D eigenvalue weighted by atomic mass is 10.1. The Morgan fingerprint density at radius 1 is 1.00 bits per heavy atom. The molecule has 0 radical (unpaired) electrons. The molecule has 0 aliphatic heterocycles. The van der Waals surface area contributed by atoms with E-state index in [1.54, 1.807) is 30.2 Å². The number of hydrogen-bond donors (Lipinski definition) is 1. The maximum absolute atomic E-state index is 12.4. The molecule has 0 aliphatic carbocycles. The van der Waals surface area contributed by atoms with E-state index >= 15 is 0 Å². The first-order valence-electron chi connectivity index (χ1n) is 10.2. The second kappa shape index (κ2) is 12.7. The molecular formula is C23H34N2O5. The first-order chi connectivity index (χ1) is 14.1. The van der Waals surface area contributed by atoms with Gasteiger partial charge in [-0.1, -0.05) is 39.8 Å². The lowest BCUT2D eigenvalue weighted by Gasteiger charge is -2.26. The molecule has 1 atom stereocenters. The van der Waals surface area contributed by atoms with Gasteiger partial charge in [0.05, 0.1) is 7.11 Å². The fraction of sp³-hybridized carbons (Fsp3) is 0.522. The van der Waals surface area contributed by atoms with Crippen LogP contribution in [0.5, 0.6) is 5.75 Å². The summed E-state index contributed by atoms with van der Waals surface area (Å²) in [7, 11) is 1.58. The third-order valence-corrected chi connectivity index (χ3v) is 4.12.